The van der Waals surface area contributed by atoms with Gasteiger partial charge in [0.05, 0.1) is 22.6 Å². The molecule has 0 aliphatic carbocycles. The highest BCUT2D eigenvalue weighted by Crippen LogP contribution is 2.18. The second-order valence-corrected chi connectivity index (χ2v) is 6.99. The van der Waals surface area contributed by atoms with Gasteiger partial charge >= 0.3 is 0 Å². The summed E-state index contributed by atoms with van der Waals surface area (Å²) in [5, 5.41) is 4.13. The van der Waals surface area contributed by atoms with Crippen LogP contribution in [0.25, 0.3) is 16.6 Å². The third kappa shape index (κ3) is 3.64. The third-order valence-corrected chi connectivity index (χ3v) is 4.31. The molecule has 1 atom stereocenters. The summed E-state index contributed by atoms with van der Waals surface area (Å²) >= 11 is 0. The average molecular weight is 335 g/mol. The van der Waals surface area contributed by atoms with E-state index in [4.69, 9.17) is 4.98 Å². The van der Waals surface area contributed by atoms with Gasteiger partial charge in [-0.25, -0.2) is 4.98 Å². The van der Waals surface area contributed by atoms with E-state index in [1.807, 2.05) is 55.5 Å². The molecule has 0 saturated heterocycles. The monoisotopic (exact) mass is 335 g/mol. The fraction of sp³-hybridized carbons (Fsp3) is 0.333. The molecular formula is C21H25N3O. The van der Waals surface area contributed by atoms with Gasteiger partial charge in [-0.2, -0.15) is 0 Å². The molecule has 4 nitrogen and oxygen atoms in total. The molecule has 0 spiro atoms. The zero-order valence-corrected chi connectivity index (χ0v) is 15.3. The summed E-state index contributed by atoms with van der Waals surface area (Å²) in [5.41, 5.74) is 2.73. The molecule has 0 unspecified atom stereocenters. The Kier molecular flexibility index (Phi) is 5.00. The van der Waals surface area contributed by atoms with Crippen molar-refractivity contribution < 1.29 is 0 Å². The zero-order valence-electron chi connectivity index (χ0n) is 15.3. The number of fused-ring (bicyclic) bond motifs is 1. The Morgan fingerprint density at radius 2 is 1.72 bits per heavy atom. The Balaban J connectivity index is 2.20. The Hall–Kier alpha value is -2.46. The number of hydrogen-bond acceptors (Lipinski definition) is 3. The molecule has 4 heteroatoms. The zero-order chi connectivity index (χ0) is 18.0. The maximum Gasteiger partial charge on any atom is 0.266 e. The molecule has 0 aliphatic rings. The van der Waals surface area contributed by atoms with Crippen molar-refractivity contribution >= 4 is 10.9 Å². The van der Waals surface area contributed by atoms with Crippen LogP contribution in [0.1, 0.15) is 38.2 Å². The minimum absolute atomic E-state index is 0.0253. The predicted molar refractivity (Wildman–Crippen MR) is 103 cm³/mol. The van der Waals surface area contributed by atoms with E-state index in [-0.39, 0.29) is 11.6 Å². The number of nitrogens with zero attached hydrogens (tertiary/aromatic N) is 2. The Labute approximate surface area is 148 Å². The summed E-state index contributed by atoms with van der Waals surface area (Å²) in [4.78, 5) is 18.0. The Morgan fingerprint density at radius 3 is 2.40 bits per heavy atom. The van der Waals surface area contributed by atoms with Gasteiger partial charge in [-0.05, 0) is 50.6 Å². The fourth-order valence-electron chi connectivity index (χ4n) is 2.89. The minimum atomic E-state index is -0.0268. The van der Waals surface area contributed by atoms with Crippen molar-refractivity contribution in [3.05, 3.63) is 70.3 Å². The van der Waals surface area contributed by atoms with Crippen LogP contribution in [0.5, 0.6) is 0 Å². The SMILES string of the molecule is Cc1ccc(-n2c([C@@H](C)NCC(C)C)nc3ccccc3c2=O)cc1. The van der Waals surface area contributed by atoms with E-state index in [1.54, 1.807) is 4.57 Å². The first-order valence-electron chi connectivity index (χ1n) is 8.79. The molecule has 3 aromatic rings. The first-order chi connectivity index (χ1) is 12.0. The summed E-state index contributed by atoms with van der Waals surface area (Å²) in [6.07, 6.45) is 0. The van der Waals surface area contributed by atoms with Crippen LogP contribution in [-0.2, 0) is 0 Å². The van der Waals surface area contributed by atoms with Gasteiger partial charge in [-0.3, -0.25) is 9.36 Å². The molecule has 1 N–H and O–H groups in total. The predicted octanol–water partition coefficient (Wildman–Crippen LogP) is 4.00. The van der Waals surface area contributed by atoms with Gasteiger partial charge in [-0.15, -0.1) is 0 Å². The highest BCUT2D eigenvalue weighted by Gasteiger charge is 2.17. The molecule has 0 saturated carbocycles. The number of aryl methyl sites for hydroxylation is 1. The smallest absolute Gasteiger partial charge is 0.266 e. The average Bonchev–Trinajstić information content (AvgIpc) is 2.60. The van der Waals surface area contributed by atoms with Gasteiger partial charge < -0.3 is 5.32 Å². The Bertz CT molecular complexity index is 926. The standard InChI is InChI=1S/C21H25N3O/c1-14(2)13-22-16(4)20-23-19-8-6-5-7-18(19)21(25)24(20)17-11-9-15(3)10-12-17/h5-12,14,16,22H,13H2,1-4H3/t16-/m1/s1. The minimum Gasteiger partial charge on any atom is -0.307 e. The lowest BCUT2D eigenvalue weighted by Crippen LogP contribution is -2.31. The number of aromatic nitrogens is 2. The topological polar surface area (TPSA) is 46.9 Å². The number of rotatable bonds is 5. The van der Waals surface area contributed by atoms with Gasteiger partial charge in [0.1, 0.15) is 5.82 Å². The summed E-state index contributed by atoms with van der Waals surface area (Å²) in [7, 11) is 0. The van der Waals surface area contributed by atoms with Crippen LogP contribution in [0.2, 0.25) is 0 Å². The lowest BCUT2D eigenvalue weighted by molar-refractivity contribution is 0.475. The van der Waals surface area contributed by atoms with Crippen LogP contribution in [-0.4, -0.2) is 16.1 Å². The van der Waals surface area contributed by atoms with E-state index in [0.29, 0.717) is 11.3 Å². The molecule has 0 bridgehead atoms. The van der Waals surface area contributed by atoms with Crippen molar-refractivity contribution in [1.82, 2.24) is 14.9 Å². The number of benzene rings is 2. The van der Waals surface area contributed by atoms with E-state index in [9.17, 15) is 4.79 Å². The maximum atomic E-state index is 13.2. The van der Waals surface area contributed by atoms with E-state index in [2.05, 4.69) is 26.1 Å². The fourth-order valence-corrected chi connectivity index (χ4v) is 2.89. The summed E-state index contributed by atoms with van der Waals surface area (Å²) in [6, 6.07) is 15.5. The van der Waals surface area contributed by atoms with Gasteiger partial charge in [0.15, 0.2) is 0 Å². The summed E-state index contributed by atoms with van der Waals surface area (Å²) in [6.45, 7) is 9.31. The second-order valence-electron chi connectivity index (χ2n) is 6.99. The normalized spacial score (nSPS) is 12.7. The molecule has 130 valence electrons. The van der Waals surface area contributed by atoms with E-state index < -0.39 is 0 Å². The molecule has 1 aromatic heterocycles. The van der Waals surface area contributed by atoms with Crippen LogP contribution >= 0.6 is 0 Å². The van der Waals surface area contributed by atoms with Crippen molar-refractivity contribution in [3.8, 4) is 5.69 Å². The van der Waals surface area contributed by atoms with Crippen LogP contribution in [0.15, 0.2) is 53.3 Å². The first-order valence-corrected chi connectivity index (χ1v) is 8.79. The summed E-state index contributed by atoms with van der Waals surface area (Å²) in [5.74, 6) is 1.27. The van der Waals surface area contributed by atoms with Gasteiger partial charge in [0.25, 0.3) is 5.56 Å². The van der Waals surface area contributed by atoms with Gasteiger partial charge in [0, 0.05) is 0 Å². The van der Waals surface area contributed by atoms with Gasteiger partial charge in [0.2, 0.25) is 0 Å². The largest absolute Gasteiger partial charge is 0.307 e. The van der Waals surface area contributed by atoms with Crippen molar-refractivity contribution in [2.24, 2.45) is 5.92 Å². The highest BCUT2D eigenvalue weighted by atomic mass is 16.1. The van der Waals surface area contributed by atoms with Crippen molar-refractivity contribution in [1.29, 1.82) is 0 Å². The molecule has 25 heavy (non-hydrogen) atoms. The van der Waals surface area contributed by atoms with E-state index in [0.717, 1.165) is 29.1 Å². The lowest BCUT2D eigenvalue weighted by Gasteiger charge is -2.20. The molecule has 0 radical (unpaired) electrons. The summed E-state index contributed by atoms with van der Waals surface area (Å²) < 4.78 is 1.74. The molecule has 2 aromatic carbocycles. The third-order valence-electron chi connectivity index (χ3n) is 4.31. The molecule has 3 rings (SSSR count). The first kappa shape index (κ1) is 17.4. The van der Waals surface area contributed by atoms with Crippen molar-refractivity contribution in [2.45, 2.75) is 33.7 Å². The molecule has 0 amide bonds. The second kappa shape index (κ2) is 7.19. The number of hydrogen-bond donors (Lipinski definition) is 1. The lowest BCUT2D eigenvalue weighted by atomic mass is 10.1. The van der Waals surface area contributed by atoms with E-state index in [1.165, 1.54) is 0 Å². The van der Waals surface area contributed by atoms with Crippen LogP contribution in [0.3, 0.4) is 0 Å². The van der Waals surface area contributed by atoms with Crippen LogP contribution < -0.4 is 10.9 Å². The van der Waals surface area contributed by atoms with Crippen LogP contribution in [0.4, 0.5) is 0 Å². The van der Waals surface area contributed by atoms with Gasteiger partial charge in [-0.1, -0.05) is 43.7 Å². The molecular weight excluding hydrogens is 310 g/mol. The van der Waals surface area contributed by atoms with Crippen LogP contribution in [0, 0.1) is 12.8 Å². The molecule has 1 heterocycles. The number of para-hydroxylation sites is 1. The highest BCUT2D eigenvalue weighted by molar-refractivity contribution is 5.77. The maximum absolute atomic E-state index is 13.2. The van der Waals surface area contributed by atoms with Crippen molar-refractivity contribution in [3.63, 3.8) is 0 Å². The quantitative estimate of drug-likeness (QED) is 0.766. The molecule has 0 fully saturated rings. The number of nitrogens with one attached hydrogen (secondary N) is 1. The van der Waals surface area contributed by atoms with E-state index >= 15 is 0 Å². The Morgan fingerprint density at radius 1 is 1.04 bits per heavy atom. The molecule has 0 aliphatic heterocycles. The van der Waals surface area contributed by atoms with Crippen molar-refractivity contribution in [2.75, 3.05) is 6.54 Å².